The van der Waals surface area contributed by atoms with Gasteiger partial charge in [-0.05, 0) is 36.6 Å². The van der Waals surface area contributed by atoms with Crippen LogP contribution in [0, 0.1) is 5.82 Å². The van der Waals surface area contributed by atoms with E-state index in [1.807, 2.05) is 30.3 Å². The van der Waals surface area contributed by atoms with Gasteiger partial charge in [0.15, 0.2) is 11.6 Å². The van der Waals surface area contributed by atoms with Gasteiger partial charge in [-0.1, -0.05) is 46.3 Å². The zero-order chi connectivity index (χ0) is 14.7. The molecule has 0 aliphatic heterocycles. The summed E-state index contributed by atoms with van der Waals surface area (Å²) in [4.78, 5) is 0. The Kier molecular flexibility index (Phi) is 4.56. The molecule has 1 atom stereocenters. The molecule has 2 nitrogen and oxygen atoms in total. The maximum atomic E-state index is 13.9. The lowest BCUT2D eigenvalue weighted by atomic mass is 10.1. The van der Waals surface area contributed by atoms with E-state index in [9.17, 15) is 4.39 Å². The zero-order valence-corrected chi connectivity index (χ0v) is 13.1. The van der Waals surface area contributed by atoms with Crippen molar-refractivity contribution in [3.05, 3.63) is 64.4 Å². The molecule has 1 saturated carbocycles. The predicted octanol–water partition coefficient (Wildman–Crippen LogP) is 4.46. The molecule has 110 valence electrons. The largest absolute Gasteiger partial charge is 0.481 e. The van der Waals surface area contributed by atoms with Gasteiger partial charge in [0.25, 0.3) is 0 Å². The van der Waals surface area contributed by atoms with E-state index in [1.165, 1.54) is 18.9 Å². The molecular formula is C17H17BrFNO. The van der Waals surface area contributed by atoms with Crippen molar-refractivity contribution in [2.45, 2.75) is 25.0 Å². The molecule has 0 heterocycles. The van der Waals surface area contributed by atoms with E-state index in [2.05, 4.69) is 21.2 Å². The van der Waals surface area contributed by atoms with Crippen LogP contribution in [0.1, 0.15) is 24.5 Å². The maximum Gasteiger partial charge on any atom is 0.165 e. The first-order valence-electron chi connectivity index (χ1n) is 7.12. The normalized spacial score (nSPS) is 15.7. The molecule has 2 aromatic carbocycles. The molecular weight excluding hydrogens is 333 g/mol. The highest BCUT2D eigenvalue weighted by atomic mass is 79.9. The number of hydrogen-bond donors (Lipinski definition) is 1. The molecule has 1 aliphatic carbocycles. The van der Waals surface area contributed by atoms with E-state index in [0.29, 0.717) is 12.6 Å². The quantitative estimate of drug-likeness (QED) is 0.831. The predicted molar refractivity (Wildman–Crippen MR) is 84.9 cm³/mol. The van der Waals surface area contributed by atoms with Gasteiger partial charge in [-0.3, -0.25) is 0 Å². The lowest BCUT2D eigenvalue weighted by Gasteiger charge is -2.20. The molecule has 0 radical (unpaired) electrons. The number of rotatable bonds is 6. The second-order valence-electron chi connectivity index (χ2n) is 5.27. The van der Waals surface area contributed by atoms with Gasteiger partial charge in [0, 0.05) is 17.1 Å². The summed E-state index contributed by atoms with van der Waals surface area (Å²) in [5.41, 5.74) is 1.05. The van der Waals surface area contributed by atoms with Crippen LogP contribution in [-0.2, 0) is 0 Å². The third-order valence-electron chi connectivity index (χ3n) is 3.50. The van der Waals surface area contributed by atoms with E-state index in [1.54, 1.807) is 12.1 Å². The van der Waals surface area contributed by atoms with Gasteiger partial charge < -0.3 is 10.1 Å². The van der Waals surface area contributed by atoms with E-state index in [0.717, 1.165) is 10.0 Å². The number of ether oxygens (including phenoxy) is 1. The molecule has 0 aromatic heterocycles. The molecule has 3 rings (SSSR count). The van der Waals surface area contributed by atoms with Gasteiger partial charge in [-0.15, -0.1) is 0 Å². The highest BCUT2D eigenvalue weighted by molar-refractivity contribution is 9.10. The van der Waals surface area contributed by atoms with Crippen LogP contribution < -0.4 is 10.1 Å². The lowest BCUT2D eigenvalue weighted by molar-refractivity contribution is 0.192. The molecule has 0 spiro atoms. The highest BCUT2D eigenvalue weighted by Crippen LogP contribution is 2.28. The Morgan fingerprint density at radius 1 is 1.19 bits per heavy atom. The lowest BCUT2D eigenvalue weighted by Crippen LogP contribution is -2.27. The maximum absolute atomic E-state index is 13.9. The summed E-state index contributed by atoms with van der Waals surface area (Å²) >= 11 is 3.35. The minimum Gasteiger partial charge on any atom is -0.481 e. The van der Waals surface area contributed by atoms with Gasteiger partial charge in [0.05, 0.1) is 0 Å². The summed E-state index contributed by atoms with van der Waals surface area (Å²) < 4.78 is 20.6. The molecule has 1 aliphatic rings. The Hall–Kier alpha value is -1.39. The van der Waals surface area contributed by atoms with Crippen LogP contribution in [0.2, 0.25) is 0 Å². The zero-order valence-electron chi connectivity index (χ0n) is 11.6. The minimum absolute atomic E-state index is 0.199. The molecule has 1 unspecified atom stereocenters. The van der Waals surface area contributed by atoms with Gasteiger partial charge in [0.2, 0.25) is 0 Å². The van der Waals surface area contributed by atoms with Crippen LogP contribution in [-0.4, -0.2) is 12.6 Å². The number of benzene rings is 2. The average Bonchev–Trinajstić information content (AvgIpc) is 3.32. The summed E-state index contributed by atoms with van der Waals surface area (Å²) in [5, 5.41) is 3.45. The van der Waals surface area contributed by atoms with Crippen LogP contribution in [0.15, 0.2) is 53.0 Å². The Labute approximate surface area is 132 Å². The van der Waals surface area contributed by atoms with E-state index in [4.69, 9.17) is 4.74 Å². The van der Waals surface area contributed by atoms with Crippen molar-refractivity contribution in [1.29, 1.82) is 0 Å². The summed E-state index contributed by atoms with van der Waals surface area (Å²) in [6.45, 7) is 0.681. The van der Waals surface area contributed by atoms with Gasteiger partial charge in [0.1, 0.15) is 6.10 Å². The first kappa shape index (κ1) is 14.5. The summed E-state index contributed by atoms with van der Waals surface area (Å²) in [6.07, 6.45) is 2.23. The molecule has 4 heteroatoms. The molecule has 0 saturated heterocycles. The van der Waals surface area contributed by atoms with Crippen LogP contribution in [0.3, 0.4) is 0 Å². The van der Waals surface area contributed by atoms with Crippen molar-refractivity contribution in [2.24, 2.45) is 0 Å². The minimum atomic E-state index is -0.342. The Morgan fingerprint density at radius 2 is 1.95 bits per heavy atom. The van der Waals surface area contributed by atoms with Crippen molar-refractivity contribution < 1.29 is 9.13 Å². The topological polar surface area (TPSA) is 21.3 Å². The van der Waals surface area contributed by atoms with E-state index >= 15 is 0 Å². The van der Waals surface area contributed by atoms with Crippen LogP contribution in [0.5, 0.6) is 5.75 Å². The Morgan fingerprint density at radius 3 is 2.67 bits per heavy atom. The molecule has 1 fully saturated rings. The smallest absolute Gasteiger partial charge is 0.165 e. The van der Waals surface area contributed by atoms with Crippen LogP contribution >= 0.6 is 15.9 Å². The third-order valence-corrected chi connectivity index (χ3v) is 4.00. The van der Waals surface area contributed by atoms with Crippen LogP contribution in [0.4, 0.5) is 4.39 Å². The highest BCUT2D eigenvalue weighted by Gasteiger charge is 2.23. The van der Waals surface area contributed by atoms with Crippen molar-refractivity contribution in [2.75, 3.05) is 6.54 Å². The van der Waals surface area contributed by atoms with Crippen LogP contribution in [0.25, 0.3) is 0 Å². The fourth-order valence-corrected chi connectivity index (χ4v) is 2.52. The second kappa shape index (κ2) is 6.58. The summed E-state index contributed by atoms with van der Waals surface area (Å²) in [6, 6.07) is 15.3. The van der Waals surface area contributed by atoms with E-state index < -0.39 is 0 Å². The SMILES string of the molecule is Fc1ccc(Br)cc1OC(CNC1CC1)c1ccccc1. The van der Waals surface area contributed by atoms with Crippen molar-refractivity contribution in [1.82, 2.24) is 5.32 Å². The van der Waals surface area contributed by atoms with Crippen molar-refractivity contribution in [3.63, 3.8) is 0 Å². The number of halogens is 2. The second-order valence-corrected chi connectivity index (χ2v) is 6.19. The van der Waals surface area contributed by atoms with Crippen molar-refractivity contribution >= 4 is 15.9 Å². The van der Waals surface area contributed by atoms with Gasteiger partial charge in [-0.2, -0.15) is 0 Å². The monoisotopic (exact) mass is 349 g/mol. The number of hydrogen-bond acceptors (Lipinski definition) is 2. The third kappa shape index (κ3) is 4.05. The molecule has 1 N–H and O–H groups in total. The Bertz CT molecular complexity index is 601. The molecule has 2 aromatic rings. The first-order chi connectivity index (χ1) is 10.2. The Balaban J connectivity index is 1.78. The van der Waals surface area contributed by atoms with Gasteiger partial charge in [-0.25, -0.2) is 4.39 Å². The standard InChI is InChI=1S/C17H17BrFNO/c18-13-6-9-15(19)16(10-13)21-17(11-20-14-7-8-14)12-4-2-1-3-5-12/h1-6,9-10,14,17,20H,7-8,11H2. The number of nitrogens with one attached hydrogen (secondary N) is 1. The fourth-order valence-electron chi connectivity index (χ4n) is 2.18. The fraction of sp³-hybridized carbons (Fsp3) is 0.294. The van der Waals surface area contributed by atoms with Crippen molar-refractivity contribution in [3.8, 4) is 5.75 Å². The molecule has 21 heavy (non-hydrogen) atoms. The molecule has 0 bridgehead atoms. The average molecular weight is 350 g/mol. The summed E-state index contributed by atoms with van der Waals surface area (Å²) in [7, 11) is 0. The van der Waals surface area contributed by atoms with Gasteiger partial charge >= 0.3 is 0 Å². The first-order valence-corrected chi connectivity index (χ1v) is 7.92. The summed E-state index contributed by atoms with van der Waals surface area (Å²) in [5.74, 6) is -0.0682. The molecule has 0 amide bonds. The van der Waals surface area contributed by atoms with E-state index in [-0.39, 0.29) is 17.7 Å².